The molecular formula is C17H15BrFN3. The van der Waals surface area contributed by atoms with Crippen LogP contribution in [0.5, 0.6) is 0 Å². The van der Waals surface area contributed by atoms with Crippen LogP contribution >= 0.6 is 15.9 Å². The van der Waals surface area contributed by atoms with E-state index >= 15 is 0 Å². The van der Waals surface area contributed by atoms with Crippen LogP contribution < -0.4 is 5.32 Å². The summed E-state index contributed by atoms with van der Waals surface area (Å²) in [5.74, 6) is 0.466. The zero-order valence-electron chi connectivity index (χ0n) is 12.1. The number of nitrogens with zero attached hydrogens (tertiary/aromatic N) is 2. The van der Waals surface area contributed by atoms with Gasteiger partial charge in [0.15, 0.2) is 0 Å². The van der Waals surface area contributed by atoms with Crippen LogP contribution in [-0.4, -0.2) is 9.55 Å². The number of halogens is 2. The molecule has 0 spiro atoms. The summed E-state index contributed by atoms with van der Waals surface area (Å²) in [6.07, 6.45) is 1.81. The molecule has 1 heterocycles. The van der Waals surface area contributed by atoms with Crippen LogP contribution in [0.1, 0.15) is 5.56 Å². The number of hydrogen-bond donors (Lipinski definition) is 1. The quantitative estimate of drug-likeness (QED) is 0.737. The van der Waals surface area contributed by atoms with E-state index in [-0.39, 0.29) is 5.82 Å². The van der Waals surface area contributed by atoms with Gasteiger partial charge < -0.3 is 9.88 Å². The van der Waals surface area contributed by atoms with E-state index in [9.17, 15) is 4.39 Å². The molecule has 0 aliphatic carbocycles. The molecule has 1 aromatic heterocycles. The average molecular weight is 360 g/mol. The minimum Gasteiger partial charge on any atom is -0.351 e. The molecular weight excluding hydrogens is 345 g/mol. The first-order valence-electron chi connectivity index (χ1n) is 6.90. The highest BCUT2D eigenvalue weighted by Crippen LogP contribution is 2.23. The molecule has 1 N–H and O–H groups in total. The summed E-state index contributed by atoms with van der Waals surface area (Å²) < 4.78 is 16.5. The van der Waals surface area contributed by atoms with Gasteiger partial charge in [-0.25, -0.2) is 9.37 Å². The molecule has 2 aromatic carbocycles. The van der Waals surface area contributed by atoms with Crippen molar-refractivity contribution in [2.45, 2.75) is 6.54 Å². The fraction of sp³-hybridized carbons (Fsp3) is 0.118. The monoisotopic (exact) mass is 359 g/mol. The Bertz CT molecular complexity index is 764. The second kappa shape index (κ2) is 6.32. The molecule has 0 saturated heterocycles. The Balaban J connectivity index is 1.81. The van der Waals surface area contributed by atoms with Gasteiger partial charge in [-0.1, -0.05) is 52.3 Å². The minimum absolute atomic E-state index is 0.237. The van der Waals surface area contributed by atoms with Gasteiger partial charge in [-0.15, -0.1) is 0 Å². The van der Waals surface area contributed by atoms with Crippen molar-refractivity contribution in [3.8, 4) is 11.3 Å². The zero-order valence-corrected chi connectivity index (χ0v) is 13.6. The second-order valence-corrected chi connectivity index (χ2v) is 5.80. The van der Waals surface area contributed by atoms with E-state index in [0.717, 1.165) is 15.7 Å². The average Bonchev–Trinajstić information content (AvgIpc) is 2.89. The number of benzene rings is 2. The Morgan fingerprint density at radius 2 is 1.91 bits per heavy atom. The van der Waals surface area contributed by atoms with Crippen molar-refractivity contribution in [1.82, 2.24) is 9.55 Å². The molecule has 0 radical (unpaired) electrons. The summed E-state index contributed by atoms with van der Waals surface area (Å²) in [4.78, 5) is 4.38. The van der Waals surface area contributed by atoms with E-state index in [1.165, 1.54) is 6.07 Å². The predicted molar refractivity (Wildman–Crippen MR) is 90.1 cm³/mol. The highest BCUT2D eigenvalue weighted by atomic mass is 79.9. The SMILES string of the molecule is Cn1c(-c2ccccc2)cnc1NCc1c(F)cccc1Br. The molecule has 112 valence electrons. The number of nitrogens with one attached hydrogen (secondary N) is 1. The number of aromatic nitrogens is 2. The third-order valence-electron chi connectivity index (χ3n) is 3.54. The van der Waals surface area contributed by atoms with Gasteiger partial charge in [0.2, 0.25) is 5.95 Å². The first kappa shape index (κ1) is 14.8. The van der Waals surface area contributed by atoms with Crippen molar-refractivity contribution >= 4 is 21.9 Å². The highest BCUT2D eigenvalue weighted by molar-refractivity contribution is 9.10. The van der Waals surface area contributed by atoms with E-state index in [0.29, 0.717) is 18.1 Å². The zero-order chi connectivity index (χ0) is 15.5. The topological polar surface area (TPSA) is 29.9 Å². The van der Waals surface area contributed by atoms with Crippen LogP contribution in [0.2, 0.25) is 0 Å². The van der Waals surface area contributed by atoms with Crippen molar-refractivity contribution < 1.29 is 4.39 Å². The summed E-state index contributed by atoms with van der Waals surface area (Å²) in [6.45, 7) is 0.367. The Hall–Kier alpha value is -2.14. The van der Waals surface area contributed by atoms with E-state index in [1.54, 1.807) is 6.07 Å². The van der Waals surface area contributed by atoms with Gasteiger partial charge in [-0.05, 0) is 17.7 Å². The van der Waals surface area contributed by atoms with E-state index in [2.05, 4.69) is 26.2 Å². The highest BCUT2D eigenvalue weighted by Gasteiger charge is 2.10. The maximum atomic E-state index is 13.8. The van der Waals surface area contributed by atoms with E-state index in [4.69, 9.17) is 0 Å². The van der Waals surface area contributed by atoms with Crippen LogP contribution in [0.3, 0.4) is 0 Å². The summed E-state index contributed by atoms with van der Waals surface area (Å²) in [6, 6.07) is 15.0. The van der Waals surface area contributed by atoms with E-state index < -0.39 is 0 Å². The summed E-state index contributed by atoms with van der Waals surface area (Å²) in [5.41, 5.74) is 2.69. The van der Waals surface area contributed by atoms with Gasteiger partial charge in [0.25, 0.3) is 0 Å². The molecule has 0 amide bonds. The van der Waals surface area contributed by atoms with Gasteiger partial charge in [0.1, 0.15) is 5.82 Å². The fourth-order valence-corrected chi connectivity index (χ4v) is 2.80. The van der Waals surface area contributed by atoms with Crippen LogP contribution in [0.25, 0.3) is 11.3 Å². The molecule has 0 bridgehead atoms. The Morgan fingerprint density at radius 3 is 2.64 bits per heavy atom. The molecule has 0 atom stereocenters. The first-order valence-corrected chi connectivity index (χ1v) is 7.70. The third-order valence-corrected chi connectivity index (χ3v) is 4.29. The van der Waals surface area contributed by atoms with Crippen molar-refractivity contribution in [2.24, 2.45) is 7.05 Å². The molecule has 3 rings (SSSR count). The Labute approximate surface area is 136 Å². The van der Waals surface area contributed by atoms with Crippen LogP contribution in [0.15, 0.2) is 59.2 Å². The number of anilines is 1. The Kier molecular flexibility index (Phi) is 4.24. The normalized spacial score (nSPS) is 10.7. The molecule has 3 aromatic rings. The predicted octanol–water partition coefficient (Wildman–Crippen LogP) is 4.60. The van der Waals surface area contributed by atoms with Gasteiger partial charge >= 0.3 is 0 Å². The lowest BCUT2D eigenvalue weighted by molar-refractivity contribution is 0.611. The standard InChI is InChI=1S/C17H15BrFN3/c1-22-16(12-6-3-2-4-7-12)11-21-17(22)20-10-13-14(18)8-5-9-15(13)19/h2-9,11H,10H2,1H3,(H,20,21). The van der Waals surface area contributed by atoms with Crippen LogP contribution in [0, 0.1) is 5.82 Å². The van der Waals surface area contributed by atoms with Crippen LogP contribution in [0.4, 0.5) is 10.3 Å². The first-order chi connectivity index (χ1) is 10.7. The number of hydrogen-bond acceptors (Lipinski definition) is 2. The minimum atomic E-state index is -0.237. The molecule has 0 fully saturated rings. The molecule has 0 saturated carbocycles. The lowest BCUT2D eigenvalue weighted by Gasteiger charge is -2.10. The van der Waals surface area contributed by atoms with Crippen molar-refractivity contribution in [3.63, 3.8) is 0 Å². The van der Waals surface area contributed by atoms with Crippen molar-refractivity contribution in [2.75, 3.05) is 5.32 Å². The summed E-state index contributed by atoms with van der Waals surface area (Å²) in [7, 11) is 1.94. The molecule has 5 heteroatoms. The van der Waals surface area contributed by atoms with Gasteiger partial charge in [-0.2, -0.15) is 0 Å². The molecule has 0 aliphatic rings. The van der Waals surface area contributed by atoms with Crippen molar-refractivity contribution in [1.29, 1.82) is 0 Å². The lowest BCUT2D eigenvalue weighted by Crippen LogP contribution is -2.07. The summed E-state index contributed by atoms with van der Waals surface area (Å²) in [5, 5.41) is 3.18. The van der Waals surface area contributed by atoms with Crippen molar-refractivity contribution in [3.05, 3.63) is 70.6 Å². The van der Waals surface area contributed by atoms with E-state index in [1.807, 2.05) is 54.2 Å². The fourth-order valence-electron chi connectivity index (χ4n) is 2.32. The molecule has 0 unspecified atom stereocenters. The van der Waals surface area contributed by atoms with Crippen LogP contribution in [-0.2, 0) is 13.6 Å². The largest absolute Gasteiger partial charge is 0.351 e. The molecule has 3 nitrogen and oxygen atoms in total. The lowest BCUT2D eigenvalue weighted by atomic mass is 10.2. The molecule has 22 heavy (non-hydrogen) atoms. The number of rotatable bonds is 4. The van der Waals surface area contributed by atoms with Gasteiger partial charge in [0, 0.05) is 23.6 Å². The van der Waals surface area contributed by atoms with Gasteiger partial charge in [-0.3, -0.25) is 0 Å². The smallest absolute Gasteiger partial charge is 0.203 e. The maximum Gasteiger partial charge on any atom is 0.203 e. The Morgan fingerprint density at radius 1 is 1.14 bits per heavy atom. The number of imidazole rings is 1. The third kappa shape index (κ3) is 2.90. The molecule has 0 aliphatic heterocycles. The second-order valence-electron chi connectivity index (χ2n) is 4.95. The van der Waals surface area contributed by atoms with Gasteiger partial charge in [0.05, 0.1) is 11.9 Å². The maximum absolute atomic E-state index is 13.8. The summed E-state index contributed by atoms with van der Waals surface area (Å²) >= 11 is 3.37.